The van der Waals surface area contributed by atoms with Gasteiger partial charge < -0.3 is 10.1 Å². The van der Waals surface area contributed by atoms with Gasteiger partial charge in [0.2, 0.25) is 0 Å². The first-order chi connectivity index (χ1) is 14.2. The molecule has 2 aliphatic rings. The minimum Gasteiger partial charge on any atom is -0.379 e. The highest BCUT2D eigenvalue weighted by molar-refractivity contribution is 5.97. The summed E-state index contributed by atoms with van der Waals surface area (Å²) in [6, 6.07) is 14.8. The van der Waals surface area contributed by atoms with E-state index >= 15 is 0 Å². The summed E-state index contributed by atoms with van der Waals surface area (Å²) in [4.78, 5) is 27.3. The Bertz CT molecular complexity index is 895. The summed E-state index contributed by atoms with van der Waals surface area (Å²) in [6.07, 6.45) is 0.817. The Hall–Kier alpha value is -2.74. The lowest BCUT2D eigenvalue weighted by molar-refractivity contribution is 0.00827. The Morgan fingerprint density at radius 2 is 2.00 bits per heavy atom. The first-order valence-corrected chi connectivity index (χ1v) is 10.0. The SMILES string of the molecule is CCC(NC(=O)c1cccc(C2NNC(=O)c3ccccc32)c1)N1CCOCC1. The van der Waals surface area contributed by atoms with E-state index in [1.54, 1.807) is 0 Å². The maximum Gasteiger partial charge on any atom is 0.265 e. The van der Waals surface area contributed by atoms with Gasteiger partial charge in [0.1, 0.15) is 0 Å². The largest absolute Gasteiger partial charge is 0.379 e. The lowest BCUT2D eigenvalue weighted by Crippen LogP contribution is -2.52. The molecule has 2 unspecified atom stereocenters. The molecule has 2 atom stereocenters. The van der Waals surface area contributed by atoms with Gasteiger partial charge in [-0.15, -0.1) is 0 Å². The predicted octanol–water partition coefficient (Wildman–Crippen LogP) is 1.82. The predicted molar refractivity (Wildman–Crippen MR) is 109 cm³/mol. The summed E-state index contributed by atoms with van der Waals surface area (Å²) in [7, 11) is 0. The molecule has 1 saturated heterocycles. The number of nitrogens with one attached hydrogen (secondary N) is 3. The number of ether oxygens (including phenoxy) is 1. The van der Waals surface area contributed by atoms with E-state index in [-0.39, 0.29) is 24.0 Å². The molecule has 152 valence electrons. The van der Waals surface area contributed by atoms with Crippen molar-refractivity contribution in [2.24, 2.45) is 0 Å². The van der Waals surface area contributed by atoms with Crippen molar-refractivity contribution in [2.75, 3.05) is 26.3 Å². The van der Waals surface area contributed by atoms with E-state index in [1.807, 2.05) is 48.5 Å². The molecular weight excluding hydrogens is 368 g/mol. The van der Waals surface area contributed by atoms with Gasteiger partial charge in [-0.05, 0) is 35.7 Å². The van der Waals surface area contributed by atoms with E-state index < -0.39 is 0 Å². The maximum absolute atomic E-state index is 12.9. The number of benzene rings is 2. The van der Waals surface area contributed by atoms with Crippen LogP contribution in [0.15, 0.2) is 48.5 Å². The minimum atomic E-state index is -0.210. The number of hydrogen-bond donors (Lipinski definition) is 3. The second-order valence-corrected chi connectivity index (χ2v) is 7.29. The average molecular weight is 394 g/mol. The van der Waals surface area contributed by atoms with Crippen molar-refractivity contribution in [3.8, 4) is 0 Å². The van der Waals surface area contributed by atoms with E-state index in [9.17, 15) is 9.59 Å². The number of carbonyl (C=O) groups excluding carboxylic acids is 2. The highest BCUT2D eigenvalue weighted by Crippen LogP contribution is 2.27. The number of carbonyl (C=O) groups is 2. The van der Waals surface area contributed by atoms with Crippen LogP contribution in [-0.4, -0.2) is 49.2 Å². The molecule has 1 fully saturated rings. The fraction of sp³-hybridized carbons (Fsp3) is 0.364. The van der Waals surface area contributed by atoms with Crippen LogP contribution in [0.1, 0.15) is 51.2 Å². The van der Waals surface area contributed by atoms with Gasteiger partial charge in [0.15, 0.2) is 0 Å². The molecule has 2 aromatic rings. The van der Waals surface area contributed by atoms with Gasteiger partial charge in [0.05, 0.1) is 25.4 Å². The first kappa shape index (κ1) is 19.6. The second kappa shape index (κ2) is 8.73. The normalized spacial score (nSPS) is 20.4. The maximum atomic E-state index is 12.9. The van der Waals surface area contributed by atoms with Gasteiger partial charge in [-0.3, -0.25) is 19.9 Å². The molecule has 4 rings (SSSR count). The molecule has 0 aromatic heterocycles. The van der Waals surface area contributed by atoms with Crippen molar-refractivity contribution >= 4 is 11.8 Å². The molecular formula is C22H26N4O3. The summed E-state index contributed by atoms with van der Waals surface area (Å²) in [5.41, 5.74) is 8.83. The zero-order chi connectivity index (χ0) is 20.2. The lowest BCUT2D eigenvalue weighted by atomic mass is 9.92. The summed E-state index contributed by atoms with van der Waals surface area (Å²) >= 11 is 0. The Balaban J connectivity index is 1.54. The van der Waals surface area contributed by atoms with Crippen LogP contribution in [0.3, 0.4) is 0 Å². The second-order valence-electron chi connectivity index (χ2n) is 7.29. The zero-order valence-electron chi connectivity index (χ0n) is 16.5. The molecule has 0 bridgehead atoms. The highest BCUT2D eigenvalue weighted by atomic mass is 16.5. The molecule has 7 nitrogen and oxygen atoms in total. The monoisotopic (exact) mass is 394 g/mol. The molecule has 2 aliphatic heterocycles. The van der Waals surface area contributed by atoms with Crippen molar-refractivity contribution in [2.45, 2.75) is 25.6 Å². The Morgan fingerprint density at radius 3 is 2.79 bits per heavy atom. The Morgan fingerprint density at radius 1 is 1.21 bits per heavy atom. The Kier molecular flexibility index (Phi) is 5.89. The lowest BCUT2D eigenvalue weighted by Gasteiger charge is -2.34. The van der Waals surface area contributed by atoms with Crippen molar-refractivity contribution < 1.29 is 14.3 Å². The smallest absolute Gasteiger partial charge is 0.265 e. The molecule has 2 amide bonds. The van der Waals surface area contributed by atoms with Crippen molar-refractivity contribution in [3.63, 3.8) is 0 Å². The standard InChI is InChI=1S/C22H26N4O3/c1-2-19(26-10-12-29-13-11-26)23-21(27)16-7-5-6-15(14-16)20-17-8-3-4-9-18(17)22(28)25-24-20/h3-9,14,19-20,24H,2,10-13H2,1H3,(H,23,27)(H,25,28). The highest BCUT2D eigenvalue weighted by Gasteiger charge is 2.27. The molecule has 2 heterocycles. The van der Waals surface area contributed by atoms with Crippen LogP contribution in [0.25, 0.3) is 0 Å². The van der Waals surface area contributed by atoms with Gasteiger partial charge in [0, 0.05) is 24.2 Å². The third-order valence-corrected chi connectivity index (χ3v) is 5.50. The molecule has 3 N–H and O–H groups in total. The number of amides is 2. The van der Waals surface area contributed by atoms with Crippen LogP contribution >= 0.6 is 0 Å². The number of rotatable bonds is 5. The molecule has 7 heteroatoms. The third kappa shape index (κ3) is 4.17. The number of hydrazine groups is 1. The topological polar surface area (TPSA) is 82.7 Å². The van der Waals surface area contributed by atoms with Crippen molar-refractivity contribution in [3.05, 3.63) is 70.8 Å². The number of nitrogens with zero attached hydrogens (tertiary/aromatic N) is 1. The zero-order valence-corrected chi connectivity index (χ0v) is 16.5. The molecule has 0 radical (unpaired) electrons. The molecule has 0 saturated carbocycles. The summed E-state index contributed by atoms with van der Waals surface area (Å²) in [5, 5.41) is 3.15. The van der Waals surface area contributed by atoms with Crippen molar-refractivity contribution in [1.82, 2.24) is 21.1 Å². The summed E-state index contributed by atoms with van der Waals surface area (Å²) in [6.45, 7) is 5.10. The Labute approximate surface area is 170 Å². The van der Waals surface area contributed by atoms with Crippen LogP contribution in [0.4, 0.5) is 0 Å². The fourth-order valence-electron chi connectivity index (χ4n) is 3.94. The molecule has 29 heavy (non-hydrogen) atoms. The van der Waals surface area contributed by atoms with Crippen LogP contribution in [0.2, 0.25) is 0 Å². The van der Waals surface area contributed by atoms with E-state index in [2.05, 4.69) is 28.0 Å². The molecule has 2 aromatic carbocycles. The molecule has 0 spiro atoms. The van der Waals surface area contributed by atoms with E-state index in [1.165, 1.54) is 0 Å². The van der Waals surface area contributed by atoms with Crippen molar-refractivity contribution in [1.29, 1.82) is 0 Å². The van der Waals surface area contributed by atoms with Gasteiger partial charge >= 0.3 is 0 Å². The first-order valence-electron chi connectivity index (χ1n) is 10.0. The van der Waals surface area contributed by atoms with E-state index in [4.69, 9.17) is 4.74 Å². The minimum absolute atomic E-state index is 0.0112. The van der Waals surface area contributed by atoms with Crippen LogP contribution in [-0.2, 0) is 4.74 Å². The van der Waals surface area contributed by atoms with E-state index in [0.717, 1.165) is 30.6 Å². The number of fused-ring (bicyclic) bond motifs is 1. The molecule has 0 aliphatic carbocycles. The van der Waals surface area contributed by atoms with E-state index in [0.29, 0.717) is 24.3 Å². The van der Waals surface area contributed by atoms with Gasteiger partial charge in [-0.2, -0.15) is 0 Å². The summed E-state index contributed by atoms with van der Waals surface area (Å²) < 4.78 is 5.41. The average Bonchev–Trinajstić information content (AvgIpc) is 2.78. The number of morpholine rings is 1. The quantitative estimate of drug-likeness (QED) is 0.721. The fourth-order valence-corrected chi connectivity index (χ4v) is 3.94. The van der Waals surface area contributed by atoms with Crippen LogP contribution in [0.5, 0.6) is 0 Å². The van der Waals surface area contributed by atoms with Crippen LogP contribution < -0.4 is 16.2 Å². The number of hydrogen-bond acceptors (Lipinski definition) is 5. The van der Waals surface area contributed by atoms with Gasteiger partial charge in [0.25, 0.3) is 11.8 Å². The summed E-state index contributed by atoms with van der Waals surface area (Å²) in [5.74, 6) is -0.250. The third-order valence-electron chi connectivity index (χ3n) is 5.50. The van der Waals surface area contributed by atoms with Gasteiger partial charge in [-0.1, -0.05) is 37.3 Å². The van der Waals surface area contributed by atoms with Crippen LogP contribution in [0, 0.1) is 0 Å². The van der Waals surface area contributed by atoms with Gasteiger partial charge in [-0.25, -0.2) is 5.43 Å².